The Balaban J connectivity index is 0.000000671. The molecule has 13 heavy (non-hydrogen) atoms. The van der Waals surface area contributed by atoms with Crippen LogP contribution in [-0.4, -0.2) is 9.97 Å². The first-order chi connectivity index (χ1) is 6.25. The highest BCUT2D eigenvalue weighted by Crippen LogP contribution is 2.14. The molecule has 0 fully saturated rings. The predicted octanol–water partition coefficient (Wildman–Crippen LogP) is 1.92. The lowest BCUT2D eigenvalue weighted by atomic mass is 10.3. The van der Waals surface area contributed by atoms with Crippen molar-refractivity contribution in [3.63, 3.8) is 0 Å². The highest BCUT2D eigenvalue weighted by Gasteiger charge is 2.02. The van der Waals surface area contributed by atoms with Gasteiger partial charge in [0.05, 0.1) is 0 Å². The first-order valence-corrected chi connectivity index (χ1v) is 4.69. The van der Waals surface area contributed by atoms with Crippen LogP contribution in [0.15, 0.2) is 6.33 Å². The zero-order chi connectivity index (χ0) is 10.3. The maximum Gasteiger partial charge on any atom is 0.150 e. The first kappa shape index (κ1) is 12.2. The molecule has 2 N–H and O–H groups in total. The Morgan fingerprint density at radius 3 is 2.54 bits per heavy atom. The molecule has 1 unspecified atom stereocenters. The second-order valence-electron chi connectivity index (χ2n) is 1.69. The molecule has 0 amide bonds. The first-order valence-electron chi connectivity index (χ1n) is 3.73. The van der Waals surface area contributed by atoms with E-state index in [0.717, 1.165) is 0 Å². The van der Waals surface area contributed by atoms with Gasteiger partial charge in [-0.05, 0) is 0 Å². The van der Waals surface area contributed by atoms with Gasteiger partial charge in [0.2, 0.25) is 0 Å². The summed E-state index contributed by atoms with van der Waals surface area (Å²) in [5, 5.41) is 0.285. The van der Waals surface area contributed by atoms with E-state index in [1.54, 1.807) is 0 Å². The third-order valence-corrected chi connectivity index (χ3v) is 1.46. The van der Waals surface area contributed by atoms with E-state index in [0.29, 0.717) is 11.4 Å². The molecule has 0 bridgehead atoms. The molecule has 0 aliphatic heterocycles. The fourth-order valence-electron chi connectivity index (χ4n) is 0.564. The Hall–Kier alpha value is -0.840. The minimum Gasteiger partial charge on any atom is -0.383 e. The molecule has 0 radical (unpaired) electrons. The fourth-order valence-corrected chi connectivity index (χ4v) is 0.896. The molecule has 0 aromatic carbocycles. The summed E-state index contributed by atoms with van der Waals surface area (Å²) in [6.45, 7) is 4.00. The normalized spacial score (nSPS) is 7.69. The Bertz CT molecular complexity index is 310. The summed E-state index contributed by atoms with van der Waals surface area (Å²) in [6, 6.07) is 0. The number of hydrogen-bond donors (Lipinski definition) is 1. The van der Waals surface area contributed by atoms with Crippen LogP contribution in [0.25, 0.3) is 0 Å². The topological polar surface area (TPSA) is 51.8 Å². The molecule has 0 aliphatic rings. The smallest absolute Gasteiger partial charge is 0.150 e. The van der Waals surface area contributed by atoms with E-state index in [9.17, 15) is 0 Å². The van der Waals surface area contributed by atoms with Crippen molar-refractivity contribution in [2.75, 3.05) is 5.73 Å². The van der Waals surface area contributed by atoms with Gasteiger partial charge in [0.1, 0.15) is 22.9 Å². The van der Waals surface area contributed by atoms with E-state index in [1.165, 1.54) is 6.33 Å². The molecule has 1 atom stereocenters. The quantitative estimate of drug-likeness (QED) is 0.409. The standard InChI is InChI=1S/C6H5ClN3P.C2H6/c7-5-4(1-2-11)6(8)10-3-9-5;1-2/h3H,11H2,(H2,8,9,10);1-2H3. The number of rotatable bonds is 0. The second kappa shape index (κ2) is 6.65. The van der Waals surface area contributed by atoms with Crippen molar-refractivity contribution in [2.24, 2.45) is 0 Å². The average Bonchev–Trinajstić information content (AvgIpc) is 2.15. The molecule has 70 valence electrons. The van der Waals surface area contributed by atoms with Crippen LogP contribution in [0.5, 0.6) is 0 Å². The largest absolute Gasteiger partial charge is 0.383 e. The minimum absolute atomic E-state index is 0.285. The monoisotopic (exact) mass is 215 g/mol. The van der Waals surface area contributed by atoms with Crippen LogP contribution in [0, 0.1) is 11.6 Å². The molecule has 3 nitrogen and oxygen atoms in total. The van der Waals surface area contributed by atoms with Crippen LogP contribution in [0.3, 0.4) is 0 Å². The molecule has 5 heteroatoms. The second-order valence-corrected chi connectivity index (χ2v) is 2.34. The zero-order valence-electron chi connectivity index (χ0n) is 7.50. The van der Waals surface area contributed by atoms with E-state index in [-0.39, 0.29) is 5.15 Å². The zero-order valence-corrected chi connectivity index (χ0v) is 9.42. The number of aromatic nitrogens is 2. The van der Waals surface area contributed by atoms with Crippen molar-refractivity contribution >= 4 is 26.7 Å². The van der Waals surface area contributed by atoms with Crippen molar-refractivity contribution in [2.45, 2.75) is 13.8 Å². The van der Waals surface area contributed by atoms with Gasteiger partial charge in [0, 0.05) is 0 Å². The summed E-state index contributed by atoms with van der Waals surface area (Å²) < 4.78 is 0. The lowest BCUT2D eigenvalue weighted by Crippen LogP contribution is -1.96. The van der Waals surface area contributed by atoms with Crippen LogP contribution >= 0.6 is 20.8 Å². The lowest BCUT2D eigenvalue weighted by Gasteiger charge is -1.96. The molecule has 0 saturated heterocycles. The summed E-state index contributed by atoms with van der Waals surface area (Å²) in [5.74, 6) is 2.98. The maximum absolute atomic E-state index is 5.67. The van der Waals surface area contributed by atoms with Gasteiger partial charge in [0.25, 0.3) is 0 Å². The van der Waals surface area contributed by atoms with Gasteiger partial charge < -0.3 is 5.73 Å². The van der Waals surface area contributed by atoms with Crippen molar-refractivity contribution < 1.29 is 0 Å². The highest BCUT2D eigenvalue weighted by molar-refractivity contribution is 7.23. The molecular formula is C8H11ClN3P. The maximum atomic E-state index is 5.67. The predicted molar refractivity (Wildman–Crippen MR) is 59.4 cm³/mol. The van der Waals surface area contributed by atoms with Crippen LogP contribution < -0.4 is 5.73 Å². The van der Waals surface area contributed by atoms with Gasteiger partial charge in [-0.15, -0.1) is 0 Å². The van der Waals surface area contributed by atoms with E-state index in [4.69, 9.17) is 17.3 Å². The third kappa shape index (κ3) is 3.59. The Labute approximate surface area is 85.3 Å². The van der Waals surface area contributed by atoms with E-state index >= 15 is 0 Å². The molecule has 1 rings (SSSR count). The summed E-state index contributed by atoms with van der Waals surface area (Å²) >= 11 is 5.67. The number of nitrogens with two attached hydrogens (primary N) is 1. The van der Waals surface area contributed by atoms with Gasteiger partial charge >= 0.3 is 0 Å². The molecular weight excluding hydrogens is 205 g/mol. The molecule has 0 spiro atoms. The highest BCUT2D eigenvalue weighted by atomic mass is 35.5. The van der Waals surface area contributed by atoms with Gasteiger partial charge in [-0.25, -0.2) is 9.97 Å². The SMILES string of the molecule is CC.Nc1ncnc(Cl)c1C#CP. The van der Waals surface area contributed by atoms with Crippen molar-refractivity contribution in [1.29, 1.82) is 0 Å². The van der Waals surface area contributed by atoms with Crippen molar-refractivity contribution in [3.8, 4) is 11.6 Å². The van der Waals surface area contributed by atoms with Gasteiger partial charge in [-0.3, -0.25) is 0 Å². The molecule has 1 heterocycles. The number of nitrogens with zero attached hydrogens (tertiary/aromatic N) is 2. The average molecular weight is 216 g/mol. The van der Waals surface area contributed by atoms with Gasteiger partial charge in [-0.1, -0.05) is 46.3 Å². The summed E-state index contributed by atoms with van der Waals surface area (Å²) in [7, 11) is 2.24. The Morgan fingerprint density at radius 1 is 1.46 bits per heavy atom. The third-order valence-electron chi connectivity index (χ3n) is 1.03. The van der Waals surface area contributed by atoms with Crippen LogP contribution in [0.2, 0.25) is 5.15 Å². The summed E-state index contributed by atoms with van der Waals surface area (Å²) in [6.07, 6.45) is 1.30. The summed E-state index contributed by atoms with van der Waals surface area (Å²) in [4.78, 5) is 7.45. The van der Waals surface area contributed by atoms with Crippen LogP contribution in [0.1, 0.15) is 19.4 Å². The minimum atomic E-state index is 0.285. The van der Waals surface area contributed by atoms with Crippen molar-refractivity contribution in [3.05, 3.63) is 17.0 Å². The van der Waals surface area contributed by atoms with Crippen LogP contribution in [0.4, 0.5) is 5.82 Å². The Morgan fingerprint density at radius 2 is 2.08 bits per heavy atom. The number of hydrogen-bond acceptors (Lipinski definition) is 3. The fraction of sp³-hybridized carbons (Fsp3) is 0.250. The van der Waals surface area contributed by atoms with Gasteiger partial charge in [-0.2, -0.15) is 0 Å². The van der Waals surface area contributed by atoms with E-state index < -0.39 is 0 Å². The number of nitrogen functional groups attached to an aromatic ring is 1. The number of halogens is 1. The molecule has 0 aliphatic carbocycles. The van der Waals surface area contributed by atoms with Crippen LogP contribution in [-0.2, 0) is 0 Å². The summed E-state index contributed by atoms with van der Waals surface area (Å²) in [5.41, 5.74) is 8.52. The molecule has 0 saturated carbocycles. The van der Waals surface area contributed by atoms with E-state index in [2.05, 4.69) is 30.8 Å². The Kier molecular flexibility index (Phi) is 6.22. The van der Waals surface area contributed by atoms with Crippen molar-refractivity contribution in [1.82, 2.24) is 9.97 Å². The molecule has 1 aromatic heterocycles. The molecule has 1 aromatic rings. The van der Waals surface area contributed by atoms with E-state index in [1.807, 2.05) is 13.8 Å². The number of anilines is 1. The lowest BCUT2D eigenvalue weighted by molar-refractivity contribution is 1.17. The van der Waals surface area contributed by atoms with Gasteiger partial charge in [0.15, 0.2) is 0 Å².